The Hall–Kier alpha value is -2.44. The lowest BCUT2D eigenvalue weighted by Crippen LogP contribution is -2.35. The zero-order valence-electron chi connectivity index (χ0n) is 12.7. The molecule has 0 radical (unpaired) electrons. The molecule has 120 valence electrons. The number of nitrogens with one attached hydrogen (secondary N) is 1. The first-order valence-corrected chi connectivity index (χ1v) is 6.85. The molecule has 1 aromatic rings. The van der Waals surface area contributed by atoms with Crippen LogP contribution in [0.15, 0.2) is 18.2 Å². The van der Waals surface area contributed by atoms with Crippen molar-refractivity contribution in [3.8, 4) is 11.5 Å². The third kappa shape index (κ3) is 4.28. The van der Waals surface area contributed by atoms with Gasteiger partial charge in [0.15, 0.2) is 11.5 Å². The zero-order valence-corrected chi connectivity index (χ0v) is 12.7. The number of carbonyl (C=O) groups excluding carboxylic acids is 1. The molecule has 1 heterocycles. The van der Waals surface area contributed by atoms with Crippen LogP contribution in [0.5, 0.6) is 11.5 Å². The van der Waals surface area contributed by atoms with Crippen molar-refractivity contribution in [2.75, 3.05) is 6.79 Å². The average Bonchev–Trinajstić information content (AvgIpc) is 2.81. The van der Waals surface area contributed by atoms with Crippen molar-refractivity contribution < 1.29 is 28.9 Å². The first kappa shape index (κ1) is 15.9. The number of hydrogen-bond donors (Lipinski definition) is 2. The minimum Gasteiger partial charge on any atom is -0.481 e. The van der Waals surface area contributed by atoms with Crippen LogP contribution in [0.25, 0.3) is 0 Å². The summed E-state index contributed by atoms with van der Waals surface area (Å²) < 4.78 is 15.6. The number of ether oxygens (including phenoxy) is 3. The standard InChI is InChI=1S/C15H19NO6/c1-15(2,3)22-14(19)16-10(7-13(17)18)9-4-5-11-12(6-9)21-8-20-11/h4-6,10H,7-8H2,1-3H3,(H,16,19)(H,17,18)/t10-/m1/s1. The molecule has 0 bridgehead atoms. The SMILES string of the molecule is CC(C)(C)OC(=O)N[C@H](CC(=O)O)c1ccc2c(c1)OCO2. The van der Waals surface area contributed by atoms with E-state index in [9.17, 15) is 9.59 Å². The lowest BCUT2D eigenvalue weighted by molar-refractivity contribution is -0.137. The summed E-state index contributed by atoms with van der Waals surface area (Å²) in [4.78, 5) is 22.9. The first-order valence-electron chi connectivity index (χ1n) is 6.85. The Morgan fingerprint density at radius 1 is 1.32 bits per heavy atom. The summed E-state index contributed by atoms with van der Waals surface area (Å²) in [7, 11) is 0. The average molecular weight is 309 g/mol. The second-order valence-corrected chi connectivity index (χ2v) is 5.91. The fourth-order valence-electron chi connectivity index (χ4n) is 2.01. The van der Waals surface area contributed by atoms with Crippen molar-refractivity contribution in [1.82, 2.24) is 5.32 Å². The number of hydrogen-bond acceptors (Lipinski definition) is 5. The molecule has 22 heavy (non-hydrogen) atoms. The van der Waals surface area contributed by atoms with Gasteiger partial charge in [-0.15, -0.1) is 0 Å². The number of amides is 1. The molecule has 0 fully saturated rings. The van der Waals surface area contributed by atoms with E-state index in [-0.39, 0.29) is 13.2 Å². The molecule has 1 amide bonds. The number of fused-ring (bicyclic) bond motifs is 1. The van der Waals surface area contributed by atoms with Gasteiger partial charge in [-0.2, -0.15) is 0 Å². The zero-order chi connectivity index (χ0) is 16.3. The van der Waals surface area contributed by atoms with Gasteiger partial charge in [0, 0.05) is 0 Å². The van der Waals surface area contributed by atoms with Gasteiger partial charge in [0.1, 0.15) is 5.60 Å². The van der Waals surface area contributed by atoms with Gasteiger partial charge < -0.3 is 24.6 Å². The smallest absolute Gasteiger partial charge is 0.408 e. The van der Waals surface area contributed by atoms with Crippen molar-refractivity contribution in [2.45, 2.75) is 38.8 Å². The summed E-state index contributed by atoms with van der Waals surface area (Å²) in [5.74, 6) is 0.0905. The Balaban J connectivity index is 2.15. The van der Waals surface area contributed by atoms with Crippen LogP contribution in [0.2, 0.25) is 0 Å². The third-order valence-corrected chi connectivity index (χ3v) is 2.87. The summed E-state index contributed by atoms with van der Waals surface area (Å²) in [5, 5.41) is 11.6. The van der Waals surface area contributed by atoms with Gasteiger partial charge in [-0.05, 0) is 38.5 Å². The molecule has 0 saturated heterocycles. The van der Waals surface area contributed by atoms with Crippen LogP contribution in [0.3, 0.4) is 0 Å². The maximum atomic E-state index is 11.9. The van der Waals surface area contributed by atoms with E-state index < -0.39 is 23.7 Å². The van der Waals surface area contributed by atoms with Gasteiger partial charge in [-0.3, -0.25) is 4.79 Å². The molecule has 7 heteroatoms. The van der Waals surface area contributed by atoms with Crippen molar-refractivity contribution in [3.63, 3.8) is 0 Å². The van der Waals surface area contributed by atoms with Crippen molar-refractivity contribution in [3.05, 3.63) is 23.8 Å². The number of carboxylic acid groups (broad SMARTS) is 1. The molecule has 1 aliphatic heterocycles. The summed E-state index contributed by atoms with van der Waals surface area (Å²) >= 11 is 0. The van der Waals surface area contributed by atoms with Crippen molar-refractivity contribution in [2.24, 2.45) is 0 Å². The number of aliphatic carboxylic acids is 1. The van der Waals surface area contributed by atoms with Gasteiger partial charge in [0.25, 0.3) is 0 Å². The fraction of sp³-hybridized carbons (Fsp3) is 0.467. The number of benzene rings is 1. The maximum absolute atomic E-state index is 11.9. The van der Waals surface area contributed by atoms with Crippen LogP contribution in [-0.2, 0) is 9.53 Å². The maximum Gasteiger partial charge on any atom is 0.408 e. The van der Waals surface area contributed by atoms with Crippen LogP contribution >= 0.6 is 0 Å². The highest BCUT2D eigenvalue weighted by Gasteiger charge is 2.24. The number of alkyl carbamates (subject to hydrolysis) is 1. The van der Waals surface area contributed by atoms with Crippen LogP contribution in [-0.4, -0.2) is 29.6 Å². The molecular weight excluding hydrogens is 290 g/mol. The van der Waals surface area contributed by atoms with E-state index in [1.54, 1.807) is 39.0 Å². The molecule has 0 aliphatic carbocycles. The highest BCUT2D eigenvalue weighted by Crippen LogP contribution is 2.34. The molecule has 0 aromatic heterocycles. The minimum absolute atomic E-state index is 0.127. The molecule has 2 N–H and O–H groups in total. The molecule has 1 atom stereocenters. The fourth-order valence-corrected chi connectivity index (χ4v) is 2.01. The Morgan fingerprint density at radius 2 is 2.00 bits per heavy atom. The van der Waals surface area contributed by atoms with E-state index in [2.05, 4.69) is 5.32 Å². The summed E-state index contributed by atoms with van der Waals surface area (Å²) in [6, 6.07) is 4.32. The third-order valence-electron chi connectivity index (χ3n) is 2.87. The molecule has 2 rings (SSSR count). The van der Waals surface area contributed by atoms with Gasteiger partial charge >= 0.3 is 12.1 Å². The van der Waals surface area contributed by atoms with Gasteiger partial charge in [-0.1, -0.05) is 6.07 Å². The molecular formula is C15H19NO6. The number of carboxylic acids is 1. The van der Waals surface area contributed by atoms with Gasteiger partial charge in [0.2, 0.25) is 6.79 Å². The predicted molar refractivity (Wildman–Crippen MR) is 76.9 cm³/mol. The molecule has 1 aliphatic rings. The van der Waals surface area contributed by atoms with Gasteiger partial charge in [0.05, 0.1) is 12.5 Å². The van der Waals surface area contributed by atoms with E-state index in [1.165, 1.54) is 0 Å². The van der Waals surface area contributed by atoms with E-state index in [1.807, 2.05) is 0 Å². The number of carbonyl (C=O) groups is 2. The van der Waals surface area contributed by atoms with Crippen molar-refractivity contribution in [1.29, 1.82) is 0 Å². The van der Waals surface area contributed by atoms with Gasteiger partial charge in [-0.25, -0.2) is 4.79 Å². The lowest BCUT2D eigenvalue weighted by atomic mass is 10.0. The molecule has 0 saturated carbocycles. The second-order valence-electron chi connectivity index (χ2n) is 5.91. The van der Waals surface area contributed by atoms with Crippen LogP contribution in [0.1, 0.15) is 38.8 Å². The van der Waals surface area contributed by atoms with Crippen molar-refractivity contribution >= 4 is 12.1 Å². The Labute approximate surface area is 128 Å². The van der Waals surface area contributed by atoms with E-state index in [0.29, 0.717) is 17.1 Å². The lowest BCUT2D eigenvalue weighted by Gasteiger charge is -2.23. The summed E-state index contributed by atoms with van der Waals surface area (Å²) in [6.45, 7) is 5.33. The highest BCUT2D eigenvalue weighted by molar-refractivity contribution is 5.72. The van der Waals surface area contributed by atoms with E-state index in [4.69, 9.17) is 19.3 Å². The Kier molecular flexibility index (Phi) is 4.44. The van der Waals surface area contributed by atoms with Crippen LogP contribution in [0, 0.1) is 0 Å². The molecule has 0 spiro atoms. The Bertz CT molecular complexity index is 578. The Morgan fingerprint density at radius 3 is 2.64 bits per heavy atom. The van der Waals surface area contributed by atoms with E-state index >= 15 is 0 Å². The van der Waals surface area contributed by atoms with Crippen LogP contribution < -0.4 is 14.8 Å². The predicted octanol–water partition coefficient (Wildman–Crippen LogP) is 2.46. The van der Waals surface area contributed by atoms with E-state index in [0.717, 1.165) is 0 Å². The second kappa shape index (κ2) is 6.13. The largest absolute Gasteiger partial charge is 0.481 e. The topological polar surface area (TPSA) is 94.1 Å². The monoisotopic (exact) mass is 309 g/mol. The normalized spacial score (nSPS) is 14.3. The highest BCUT2D eigenvalue weighted by atomic mass is 16.7. The summed E-state index contributed by atoms with van der Waals surface area (Å²) in [5.41, 5.74) is -0.0512. The van der Waals surface area contributed by atoms with Crippen LogP contribution in [0.4, 0.5) is 4.79 Å². The number of rotatable bonds is 4. The molecule has 7 nitrogen and oxygen atoms in total. The first-order chi connectivity index (χ1) is 10.2. The summed E-state index contributed by atoms with van der Waals surface area (Å²) in [6.07, 6.45) is -0.935. The quantitative estimate of drug-likeness (QED) is 0.887. The molecule has 0 unspecified atom stereocenters. The molecule has 1 aromatic carbocycles. The minimum atomic E-state index is -1.03.